The lowest BCUT2D eigenvalue weighted by atomic mass is 10.3. The van der Waals surface area contributed by atoms with E-state index >= 15 is 0 Å². The third-order valence-corrected chi connectivity index (χ3v) is 1.06. The Kier molecular flexibility index (Phi) is 4.17. The fraction of sp³-hybridized carbons (Fsp3) is 0. The molecule has 0 saturated heterocycles. The molecule has 1 aromatic carbocycles. The number of hydrogen-bond donors (Lipinski definition) is 1. The van der Waals surface area contributed by atoms with Crippen molar-refractivity contribution in [2.75, 3.05) is 5.17 Å². The summed E-state index contributed by atoms with van der Waals surface area (Å²) in [7, 11) is 0. The normalized spacial score (nSPS) is 8.09. The highest BCUT2D eigenvalue weighted by Crippen LogP contribution is 2.09. The first-order chi connectivity index (χ1) is 4.84. The minimum absolute atomic E-state index is 0. The van der Waals surface area contributed by atoms with Crippen LogP contribution < -0.4 is 5.17 Å². The fourth-order valence-electron chi connectivity index (χ4n) is 0.608. The molecule has 0 aliphatic carbocycles. The zero-order valence-corrected chi connectivity index (χ0v) is 6.36. The molecule has 0 atom stereocenters. The number of benzene rings is 1. The van der Waals surface area contributed by atoms with Crippen molar-refractivity contribution in [2.24, 2.45) is 5.29 Å². The predicted octanol–water partition coefficient (Wildman–Crippen LogP) is 1.99. The average Bonchev–Trinajstić information content (AvgIpc) is 2.05. The lowest BCUT2D eigenvalue weighted by Gasteiger charge is -2.03. The number of para-hydroxylation sites is 1. The molecule has 0 aromatic heterocycles. The van der Waals surface area contributed by atoms with Crippen LogP contribution in [0.15, 0.2) is 35.6 Å². The third-order valence-electron chi connectivity index (χ3n) is 1.06. The van der Waals surface area contributed by atoms with Gasteiger partial charge < -0.3 is 0 Å². The molecule has 0 heterocycles. The maximum atomic E-state index is 9.73. The van der Waals surface area contributed by atoms with Crippen LogP contribution in [0.2, 0.25) is 0 Å². The van der Waals surface area contributed by atoms with Crippen LogP contribution in [0.4, 0.5) is 5.69 Å². The first-order valence-corrected chi connectivity index (χ1v) is 2.72. The largest absolute Gasteiger partial charge is 0.265 e. The van der Waals surface area contributed by atoms with E-state index in [0.29, 0.717) is 5.69 Å². The maximum Gasteiger partial charge on any atom is 0.0932 e. The molecule has 0 fully saturated rings. The minimum atomic E-state index is 0. The predicted molar refractivity (Wildman–Crippen MR) is 43.8 cm³/mol. The molecule has 0 saturated carbocycles. The van der Waals surface area contributed by atoms with E-state index in [9.17, 15) is 4.91 Å². The molecule has 0 spiro atoms. The zero-order valence-electron chi connectivity index (χ0n) is 5.54. The Labute approximate surface area is 69.8 Å². The van der Waals surface area contributed by atoms with Crippen LogP contribution >= 0.6 is 12.4 Å². The molecule has 0 amide bonds. The molecule has 5 heteroatoms. The number of nitroso groups, excluding NO2 is 1. The van der Waals surface area contributed by atoms with Gasteiger partial charge in [0.05, 0.1) is 11.0 Å². The topological polar surface area (TPSA) is 52.9 Å². The summed E-state index contributed by atoms with van der Waals surface area (Å²) in [6, 6.07) is 8.32. The monoisotopic (exact) mass is 174 g/mol. The summed E-state index contributed by atoms with van der Waals surface area (Å²) in [6.45, 7) is 0. The number of nitrogens with zero attached hydrogens (tertiary/aromatic N) is 2. The Balaban J connectivity index is 0.000001000. The van der Waals surface area contributed by atoms with Gasteiger partial charge in [-0.1, -0.05) is 18.2 Å². The van der Waals surface area contributed by atoms with Crippen LogP contribution in [0.3, 0.4) is 0 Å². The standard InChI is InChI=1S/C6H6N2O2.ClH/c9-7-8(10)6-4-2-1-3-5-6;/h1-5,10H;1H. The summed E-state index contributed by atoms with van der Waals surface area (Å²) < 4.78 is 0. The van der Waals surface area contributed by atoms with E-state index in [-0.39, 0.29) is 17.6 Å². The van der Waals surface area contributed by atoms with E-state index in [4.69, 9.17) is 5.21 Å². The van der Waals surface area contributed by atoms with Crippen LogP contribution in [0, 0.1) is 4.91 Å². The van der Waals surface area contributed by atoms with Crippen LogP contribution in [0.1, 0.15) is 0 Å². The van der Waals surface area contributed by atoms with Crippen molar-refractivity contribution in [3.8, 4) is 0 Å². The highest BCUT2D eigenvalue weighted by molar-refractivity contribution is 5.85. The van der Waals surface area contributed by atoms with Crippen molar-refractivity contribution >= 4 is 18.1 Å². The molecule has 0 aliphatic rings. The molecule has 1 N–H and O–H groups in total. The molecular formula is C6H7ClN2O2. The van der Waals surface area contributed by atoms with E-state index in [1.54, 1.807) is 30.3 Å². The molecule has 0 radical (unpaired) electrons. The van der Waals surface area contributed by atoms with Crippen LogP contribution in [0.25, 0.3) is 0 Å². The number of halogens is 1. The molecule has 1 rings (SSSR count). The fourth-order valence-corrected chi connectivity index (χ4v) is 0.608. The second-order valence-electron chi connectivity index (χ2n) is 1.71. The molecule has 0 aliphatic heterocycles. The SMILES string of the molecule is Cl.O=NN(O)c1ccccc1. The van der Waals surface area contributed by atoms with Gasteiger partial charge >= 0.3 is 0 Å². The first kappa shape index (κ1) is 9.87. The molecule has 1 aromatic rings. The van der Waals surface area contributed by atoms with Gasteiger partial charge in [-0.25, -0.2) is 0 Å². The zero-order chi connectivity index (χ0) is 7.40. The Morgan fingerprint density at radius 2 is 1.82 bits per heavy atom. The quantitative estimate of drug-likeness (QED) is 0.551. The van der Waals surface area contributed by atoms with Crippen LogP contribution in [-0.4, -0.2) is 5.21 Å². The van der Waals surface area contributed by atoms with Gasteiger partial charge in [-0.2, -0.15) is 0 Å². The highest BCUT2D eigenvalue weighted by Gasteiger charge is 1.97. The average molecular weight is 175 g/mol. The number of rotatable bonds is 2. The van der Waals surface area contributed by atoms with E-state index in [1.807, 2.05) is 0 Å². The summed E-state index contributed by atoms with van der Waals surface area (Å²) in [5.41, 5.74) is 0.359. The third kappa shape index (κ3) is 2.53. The second kappa shape index (κ2) is 4.65. The first-order valence-electron chi connectivity index (χ1n) is 2.72. The Morgan fingerprint density at radius 1 is 1.27 bits per heavy atom. The summed E-state index contributed by atoms with van der Waals surface area (Å²) in [6.07, 6.45) is 0. The van der Waals surface area contributed by atoms with Gasteiger partial charge in [-0.3, -0.25) is 5.21 Å². The van der Waals surface area contributed by atoms with Crippen molar-refractivity contribution in [1.29, 1.82) is 0 Å². The number of hydrogen-bond acceptors (Lipinski definition) is 3. The Morgan fingerprint density at radius 3 is 2.27 bits per heavy atom. The van der Waals surface area contributed by atoms with Gasteiger partial charge in [0.25, 0.3) is 0 Å². The summed E-state index contributed by atoms with van der Waals surface area (Å²) in [5.74, 6) is 0. The van der Waals surface area contributed by atoms with Gasteiger partial charge in [0.2, 0.25) is 0 Å². The molecule has 0 unspecified atom stereocenters. The molecule has 0 bridgehead atoms. The lowest BCUT2D eigenvalue weighted by Crippen LogP contribution is -2.06. The van der Waals surface area contributed by atoms with E-state index in [1.165, 1.54) is 0 Å². The maximum absolute atomic E-state index is 9.73. The van der Waals surface area contributed by atoms with Gasteiger partial charge in [-0.05, 0) is 12.1 Å². The van der Waals surface area contributed by atoms with Crippen LogP contribution in [0.5, 0.6) is 0 Å². The lowest BCUT2D eigenvalue weighted by molar-refractivity contribution is 0.258. The van der Waals surface area contributed by atoms with Crippen molar-refractivity contribution < 1.29 is 5.21 Å². The Bertz CT molecular complexity index is 217. The number of anilines is 1. The van der Waals surface area contributed by atoms with Crippen molar-refractivity contribution in [3.05, 3.63) is 35.2 Å². The van der Waals surface area contributed by atoms with E-state index in [2.05, 4.69) is 5.29 Å². The van der Waals surface area contributed by atoms with E-state index in [0.717, 1.165) is 0 Å². The van der Waals surface area contributed by atoms with Crippen LogP contribution in [-0.2, 0) is 0 Å². The minimum Gasteiger partial charge on any atom is -0.265 e. The van der Waals surface area contributed by atoms with Gasteiger partial charge in [0.1, 0.15) is 0 Å². The summed E-state index contributed by atoms with van der Waals surface area (Å²) in [4.78, 5) is 9.73. The van der Waals surface area contributed by atoms with E-state index < -0.39 is 0 Å². The molecular weight excluding hydrogens is 168 g/mol. The van der Waals surface area contributed by atoms with Gasteiger partial charge in [0.15, 0.2) is 0 Å². The van der Waals surface area contributed by atoms with Crippen molar-refractivity contribution in [1.82, 2.24) is 0 Å². The molecule has 60 valence electrons. The van der Waals surface area contributed by atoms with Crippen molar-refractivity contribution in [2.45, 2.75) is 0 Å². The second-order valence-corrected chi connectivity index (χ2v) is 1.71. The van der Waals surface area contributed by atoms with Gasteiger partial charge in [-0.15, -0.1) is 22.5 Å². The molecule has 4 nitrogen and oxygen atoms in total. The van der Waals surface area contributed by atoms with Crippen molar-refractivity contribution in [3.63, 3.8) is 0 Å². The smallest absolute Gasteiger partial charge is 0.0932 e. The van der Waals surface area contributed by atoms with Gasteiger partial charge in [0, 0.05) is 0 Å². The summed E-state index contributed by atoms with van der Waals surface area (Å²) in [5, 5.41) is 11.3. The Hall–Kier alpha value is -1.13. The highest BCUT2D eigenvalue weighted by atomic mass is 35.5. The molecule has 11 heavy (non-hydrogen) atoms. The summed E-state index contributed by atoms with van der Waals surface area (Å²) >= 11 is 0.